The first kappa shape index (κ1) is 9.73. The Balaban J connectivity index is 2.85. The number of nitrogens with zero attached hydrogens (tertiary/aromatic N) is 1. The maximum absolute atomic E-state index is 11.3. The lowest BCUT2D eigenvalue weighted by Crippen LogP contribution is -2.38. The standard InChI is InChI=1S/C8H14N4O/c1-11-4-7-5(9)2-3-6(10)8(13)12-7/h4,6H,2-3,9-10H2,1H3,(H,12,13). The zero-order valence-corrected chi connectivity index (χ0v) is 7.58. The maximum Gasteiger partial charge on any atom is 0.241 e. The van der Waals surface area contributed by atoms with Gasteiger partial charge in [0.2, 0.25) is 5.91 Å². The van der Waals surface area contributed by atoms with Gasteiger partial charge in [0, 0.05) is 19.0 Å². The van der Waals surface area contributed by atoms with Crippen LogP contribution in [0.3, 0.4) is 0 Å². The van der Waals surface area contributed by atoms with E-state index in [0.29, 0.717) is 24.2 Å². The van der Waals surface area contributed by atoms with E-state index in [1.54, 1.807) is 7.05 Å². The Labute approximate surface area is 76.9 Å². The van der Waals surface area contributed by atoms with Gasteiger partial charge in [-0.2, -0.15) is 0 Å². The van der Waals surface area contributed by atoms with Crippen LogP contribution in [-0.2, 0) is 4.79 Å². The SMILES string of the molecule is CN=CC1=C(N)CCC(N)C(=O)N1. The molecule has 0 saturated carbocycles. The summed E-state index contributed by atoms with van der Waals surface area (Å²) < 4.78 is 0. The van der Waals surface area contributed by atoms with E-state index in [1.807, 2.05) is 0 Å². The summed E-state index contributed by atoms with van der Waals surface area (Å²) in [6, 6.07) is -0.471. The van der Waals surface area contributed by atoms with Crippen LogP contribution in [0.4, 0.5) is 0 Å². The summed E-state index contributed by atoms with van der Waals surface area (Å²) >= 11 is 0. The topological polar surface area (TPSA) is 93.5 Å². The second kappa shape index (κ2) is 4.04. The molecular formula is C8H14N4O. The molecule has 5 N–H and O–H groups in total. The maximum atomic E-state index is 11.3. The lowest BCUT2D eigenvalue weighted by atomic mass is 10.1. The minimum Gasteiger partial charge on any atom is -0.400 e. The molecule has 1 atom stereocenters. The number of nitrogens with two attached hydrogens (primary N) is 2. The van der Waals surface area contributed by atoms with Gasteiger partial charge in [-0.3, -0.25) is 9.79 Å². The number of allylic oxidation sites excluding steroid dienone is 2. The smallest absolute Gasteiger partial charge is 0.241 e. The summed E-state index contributed by atoms with van der Waals surface area (Å²) in [5, 5.41) is 2.62. The Morgan fingerprint density at radius 3 is 3.00 bits per heavy atom. The van der Waals surface area contributed by atoms with E-state index < -0.39 is 6.04 Å². The number of rotatable bonds is 1. The number of hydrogen-bond donors (Lipinski definition) is 3. The minimum atomic E-state index is -0.471. The van der Waals surface area contributed by atoms with Crippen LogP contribution < -0.4 is 16.8 Å². The van der Waals surface area contributed by atoms with Crippen molar-refractivity contribution in [2.24, 2.45) is 16.5 Å². The van der Waals surface area contributed by atoms with Gasteiger partial charge < -0.3 is 16.8 Å². The molecule has 1 aliphatic rings. The summed E-state index contributed by atoms with van der Waals surface area (Å²) in [6.07, 6.45) is 2.74. The second-order valence-electron chi connectivity index (χ2n) is 2.96. The van der Waals surface area contributed by atoms with E-state index in [0.717, 1.165) is 0 Å². The Morgan fingerprint density at radius 1 is 1.69 bits per heavy atom. The fraction of sp³-hybridized carbons (Fsp3) is 0.500. The molecule has 1 amide bonds. The molecule has 1 heterocycles. The van der Waals surface area contributed by atoms with Gasteiger partial charge in [-0.15, -0.1) is 0 Å². The monoisotopic (exact) mass is 182 g/mol. The number of aliphatic imine (C=N–C) groups is 1. The lowest BCUT2D eigenvalue weighted by Gasteiger charge is -2.06. The highest BCUT2D eigenvalue weighted by Gasteiger charge is 2.19. The first-order valence-corrected chi connectivity index (χ1v) is 4.12. The van der Waals surface area contributed by atoms with Crippen LogP contribution in [0.25, 0.3) is 0 Å². The molecular weight excluding hydrogens is 168 g/mol. The Morgan fingerprint density at radius 2 is 2.38 bits per heavy atom. The van der Waals surface area contributed by atoms with Crippen molar-refractivity contribution < 1.29 is 4.79 Å². The van der Waals surface area contributed by atoms with E-state index in [-0.39, 0.29) is 5.91 Å². The average Bonchev–Trinajstić information content (AvgIpc) is 2.21. The van der Waals surface area contributed by atoms with E-state index in [2.05, 4.69) is 10.3 Å². The molecule has 0 aromatic rings. The molecule has 0 fully saturated rings. The van der Waals surface area contributed by atoms with Gasteiger partial charge in [0.05, 0.1) is 11.7 Å². The predicted octanol–water partition coefficient (Wildman–Crippen LogP) is -0.905. The highest BCUT2D eigenvalue weighted by atomic mass is 16.2. The molecule has 0 aromatic heterocycles. The van der Waals surface area contributed by atoms with Crippen LogP contribution in [-0.4, -0.2) is 25.2 Å². The van der Waals surface area contributed by atoms with Gasteiger partial charge in [-0.25, -0.2) is 0 Å². The van der Waals surface area contributed by atoms with Crippen molar-refractivity contribution in [3.63, 3.8) is 0 Å². The van der Waals surface area contributed by atoms with Crippen LogP contribution in [0.15, 0.2) is 16.4 Å². The molecule has 1 aliphatic heterocycles. The molecule has 0 spiro atoms. The normalized spacial score (nSPS) is 24.8. The van der Waals surface area contributed by atoms with E-state index in [9.17, 15) is 4.79 Å². The van der Waals surface area contributed by atoms with Crippen molar-refractivity contribution in [1.29, 1.82) is 0 Å². The third kappa shape index (κ3) is 2.29. The quantitative estimate of drug-likeness (QED) is 0.458. The van der Waals surface area contributed by atoms with Crippen LogP contribution in [0.2, 0.25) is 0 Å². The van der Waals surface area contributed by atoms with Crippen LogP contribution in [0.1, 0.15) is 12.8 Å². The summed E-state index contributed by atoms with van der Waals surface area (Å²) in [6.45, 7) is 0. The van der Waals surface area contributed by atoms with Gasteiger partial charge in [-0.05, 0) is 12.8 Å². The molecule has 13 heavy (non-hydrogen) atoms. The summed E-state index contributed by atoms with van der Waals surface area (Å²) in [5.41, 5.74) is 12.5. The zero-order valence-electron chi connectivity index (χ0n) is 7.58. The van der Waals surface area contributed by atoms with Crippen LogP contribution >= 0.6 is 0 Å². The lowest BCUT2D eigenvalue weighted by molar-refractivity contribution is -0.121. The van der Waals surface area contributed by atoms with E-state index >= 15 is 0 Å². The molecule has 1 unspecified atom stereocenters. The molecule has 0 radical (unpaired) electrons. The summed E-state index contributed by atoms with van der Waals surface area (Å²) in [7, 11) is 1.62. The molecule has 72 valence electrons. The molecule has 0 saturated heterocycles. The number of hydrogen-bond acceptors (Lipinski definition) is 4. The highest BCUT2D eigenvalue weighted by Crippen LogP contribution is 2.09. The van der Waals surface area contributed by atoms with Crippen molar-refractivity contribution in [2.45, 2.75) is 18.9 Å². The Hall–Kier alpha value is -1.36. The van der Waals surface area contributed by atoms with Gasteiger partial charge in [0.15, 0.2) is 0 Å². The first-order chi connectivity index (χ1) is 6.15. The summed E-state index contributed by atoms with van der Waals surface area (Å²) in [4.78, 5) is 15.0. The molecule has 1 rings (SSSR count). The third-order valence-corrected chi connectivity index (χ3v) is 1.92. The second-order valence-corrected chi connectivity index (χ2v) is 2.96. The van der Waals surface area contributed by atoms with Gasteiger partial charge >= 0.3 is 0 Å². The Kier molecular flexibility index (Phi) is 3.02. The van der Waals surface area contributed by atoms with Crippen molar-refractivity contribution in [1.82, 2.24) is 5.32 Å². The number of carbonyl (C=O) groups excluding carboxylic acids is 1. The molecule has 0 aliphatic carbocycles. The van der Waals surface area contributed by atoms with Crippen molar-refractivity contribution >= 4 is 12.1 Å². The number of nitrogens with one attached hydrogen (secondary N) is 1. The van der Waals surface area contributed by atoms with Gasteiger partial charge in [0.1, 0.15) is 0 Å². The van der Waals surface area contributed by atoms with E-state index in [4.69, 9.17) is 11.5 Å². The fourth-order valence-electron chi connectivity index (χ4n) is 1.13. The predicted molar refractivity (Wildman–Crippen MR) is 51.0 cm³/mol. The number of amides is 1. The van der Waals surface area contributed by atoms with Crippen LogP contribution in [0, 0.1) is 0 Å². The third-order valence-electron chi connectivity index (χ3n) is 1.92. The van der Waals surface area contributed by atoms with Crippen molar-refractivity contribution in [3.05, 3.63) is 11.4 Å². The number of carbonyl (C=O) groups is 1. The fourth-order valence-corrected chi connectivity index (χ4v) is 1.13. The molecule has 5 heteroatoms. The van der Waals surface area contributed by atoms with Crippen molar-refractivity contribution in [2.75, 3.05) is 7.05 Å². The first-order valence-electron chi connectivity index (χ1n) is 4.12. The van der Waals surface area contributed by atoms with Gasteiger partial charge in [-0.1, -0.05) is 0 Å². The average molecular weight is 182 g/mol. The molecule has 0 aromatic carbocycles. The minimum absolute atomic E-state index is 0.199. The molecule has 0 bridgehead atoms. The largest absolute Gasteiger partial charge is 0.400 e. The van der Waals surface area contributed by atoms with E-state index in [1.165, 1.54) is 6.21 Å². The highest BCUT2D eigenvalue weighted by molar-refractivity contribution is 5.91. The van der Waals surface area contributed by atoms with Crippen LogP contribution in [0.5, 0.6) is 0 Å². The van der Waals surface area contributed by atoms with Gasteiger partial charge in [0.25, 0.3) is 0 Å². The zero-order chi connectivity index (χ0) is 9.84. The molecule has 5 nitrogen and oxygen atoms in total. The summed E-state index contributed by atoms with van der Waals surface area (Å²) in [5.74, 6) is -0.199. The van der Waals surface area contributed by atoms with Crippen molar-refractivity contribution in [3.8, 4) is 0 Å². The Bertz CT molecular complexity index is 269.